The van der Waals surface area contributed by atoms with Crippen molar-refractivity contribution in [3.8, 4) is 17.6 Å². The predicted molar refractivity (Wildman–Crippen MR) is 75.0 cm³/mol. The van der Waals surface area contributed by atoms with Crippen LogP contribution in [0.15, 0.2) is 16.6 Å². The Hall–Kier alpha value is -1.21. The summed E-state index contributed by atoms with van der Waals surface area (Å²) in [6.07, 6.45) is 2.25. The number of nitriles is 1. The van der Waals surface area contributed by atoms with Crippen LogP contribution < -0.4 is 9.47 Å². The van der Waals surface area contributed by atoms with E-state index in [1.807, 2.05) is 26.0 Å². The third kappa shape index (κ3) is 4.23. The van der Waals surface area contributed by atoms with Gasteiger partial charge in [0, 0.05) is 12.5 Å². The Morgan fingerprint density at radius 3 is 2.44 bits per heavy atom. The van der Waals surface area contributed by atoms with Crippen LogP contribution in [0.25, 0.3) is 0 Å². The van der Waals surface area contributed by atoms with Crippen molar-refractivity contribution in [2.45, 2.75) is 33.1 Å². The molecular formula is C14H18BrNO2. The summed E-state index contributed by atoms with van der Waals surface area (Å²) in [6, 6.07) is 6.10. The molecule has 0 aromatic heterocycles. The summed E-state index contributed by atoms with van der Waals surface area (Å²) in [7, 11) is 0. The smallest absolute Gasteiger partial charge is 0.137 e. The quantitative estimate of drug-likeness (QED) is 0.712. The van der Waals surface area contributed by atoms with Gasteiger partial charge in [-0.15, -0.1) is 0 Å². The van der Waals surface area contributed by atoms with Crippen molar-refractivity contribution in [2.75, 3.05) is 13.2 Å². The summed E-state index contributed by atoms with van der Waals surface area (Å²) in [5.41, 5.74) is 1.11. The molecule has 0 aliphatic heterocycles. The summed E-state index contributed by atoms with van der Waals surface area (Å²) in [5.74, 6) is 1.65. The monoisotopic (exact) mass is 311 g/mol. The average Bonchev–Trinajstić information content (AvgIpc) is 2.35. The predicted octanol–water partition coefficient (Wildman–Crippen LogP) is 4.09. The van der Waals surface area contributed by atoms with E-state index in [1.54, 1.807) is 0 Å². The molecule has 0 aliphatic rings. The fourth-order valence-electron chi connectivity index (χ4n) is 1.69. The fraction of sp³-hybridized carbons (Fsp3) is 0.500. The standard InChI is InChI=1S/C14H18BrNO2/c1-3-17-13-10-14(18-4-2)12(15)9-11(13)7-5-6-8-16/h9-10H,3-7H2,1-2H3. The van der Waals surface area contributed by atoms with Crippen LogP contribution in [0.2, 0.25) is 0 Å². The molecule has 0 fully saturated rings. The number of unbranched alkanes of at least 4 members (excludes halogenated alkanes) is 1. The molecule has 0 spiro atoms. The van der Waals surface area contributed by atoms with Gasteiger partial charge in [0.25, 0.3) is 0 Å². The highest BCUT2D eigenvalue weighted by Gasteiger charge is 2.10. The van der Waals surface area contributed by atoms with Gasteiger partial charge in [-0.05, 0) is 54.2 Å². The second kappa shape index (κ2) is 7.99. The lowest BCUT2D eigenvalue weighted by atomic mass is 10.1. The summed E-state index contributed by atoms with van der Waals surface area (Å²) in [5, 5.41) is 8.58. The van der Waals surface area contributed by atoms with Gasteiger partial charge in [0.05, 0.1) is 23.8 Å². The molecule has 3 nitrogen and oxygen atoms in total. The van der Waals surface area contributed by atoms with Gasteiger partial charge < -0.3 is 9.47 Å². The lowest BCUT2D eigenvalue weighted by Gasteiger charge is -2.14. The highest BCUT2D eigenvalue weighted by molar-refractivity contribution is 9.10. The second-order valence-corrected chi connectivity index (χ2v) is 4.62. The second-order valence-electron chi connectivity index (χ2n) is 3.77. The molecule has 0 atom stereocenters. The molecule has 4 heteroatoms. The molecule has 1 rings (SSSR count). The molecule has 0 saturated heterocycles. The van der Waals surface area contributed by atoms with Gasteiger partial charge in [-0.1, -0.05) is 0 Å². The molecule has 0 saturated carbocycles. The van der Waals surface area contributed by atoms with Crippen LogP contribution in [0.5, 0.6) is 11.5 Å². The van der Waals surface area contributed by atoms with Crippen LogP contribution in [-0.2, 0) is 6.42 Å². The van der Waals surface area contributed by atoms with Crippen molar-refractivity contribution in [1.29, 1.82) is 5.26 Å². The number of benzene rings is 1. The first kappa shape index (κ1) is 14.8. The van der Waals surface area contributed by atoms with E-state index in [1.165, 1.54) is 0 Å². The summed E-state index contributed by atoms with van der Waals surface area (Å²) in [6.45, 7) is 5.16. The van der Waals surface area contributed by atoms with Gasteiger partial charge >= 0.3 is 0 Å². The number of rotatable bonds is 7. The number of halogens is 1. The molecule has 1 aromatic rings. The Morgan fingerprint density at radius 1 is 1.17 bits per heavy atom. The van der Waals surface area contributed by atoms with Gasteiger partial charge in [-0.2, -0.15) is 5.26 Å². The number of hydrogen-bond acceptors (Lipinski definition) is 3. The summed E-state index contributed by atoms with van der Waals surface area (Å²) in [4.78, 5) is 0. The van der Waals surface area contributed by atoms with Gasteiger partial charge in [0.15, 0.2) is 0 Å². The van der Waals surface area contributed by atoms with Crippen LogP contribution in [0.1, 0.15) is 32.3 Å². The van der Waals surface area contributed by atoms with Crippen molar-refractivity contribution in [3.05, 3.63) is 22.2 Å². The van der Waals surface area contributed by atoms with E-state index >= 15 is 0 Å². The molecule has 0 radical (unpaired) electrons. The Labute approximate surface area is 117 Å². The molecule has 1 aromatic carbocycles. The Morgan fingerprint density at radius 2 is 1.83 bits per heavy atom. The lowest BCUT2D eigenvalue weighted by molar-refractivity contribution is 0.319. The normalized spacial score (nSPS) is 9.89. The number of ether oxygens (including phenoxy) is 2. The Balaban J connectivity index is 2.93. The Bertz CT molecular complexity index is 427. The third-order valence-electron chi connectivity index (χ3n) is 2.45. The Kier molecular flexibility index (Phi) is 6.59. The molecule has 0 amide bonds. The van der Waals surface area contributed by atoms with Crippen molar-refractivity contribution < 1.29 is 9.47 Å². The van der Waals surface area contributed by atoms with E-state index in [-0.39, 0.29) is 0 Å². The molecule has 0 bridgehead atoms. The van der Waals surface area contributed by atoms with Gasteiger partial charge in [-0.3, -0.25) is 0 Å². The van der Waals surface area contributed by atoms with E-state index < -0.39 is 0 Å². The van der Waals surface area contributed by atoms with Crippen LogP contribution in [-0.4, -0.2) is 13.2 Å². The summed E-state index contributed by atoms with van der Waals surface area (Å²) >= 11 is 3.50. The minimum Gasteiger partial charge on any atom is -0.493 e. The van der Waals surface area contributed by atoms with Crippen molar-refractivity contribution >= 4 is 15.9 Å². The van der Waals surface area contributed by atoms with E-state index in [2.05, 4.69) is 22.0 Å². The van der Waals surface area contributed by atoms with E-state index in [9.17, 15) is 0 Å². The molecule has 0 N–H and O–H groups in total. The maximum atomic E-state index is 8.58. The zero-order chi connectivity index (χ0) is 13.4. The third-order valence-corrected chi connectivity index (χ3v) is 3.07. The minimum absolute atomic E-state index is 0.566. The maximum absolute atomic E-state index is 8.58. The maximum Gasteiger partial charge on any atom is 0.137 e. The molecule has 0 heterocycles. The van der Waals surface area contributed by atoms with E-state index in [0.717, 1.165) is 34.4 Å². The van der Waals surface area contributed by atoms with Crippen molar-refractivity contribution in [1.82, 2.24) is 0 Å². The average molecular weight is 312 g/mol. The zero-order valence-corrected chi connectivity index (χ0v) is 12.4. The topological polar surface area (TPSA) is 42.2 Å². The highest BCUT2D eigenvalue weighted by atomic mass is 79.9. The van der Waals surface area contributed by atoms with Crippen molar-refractivity contribution in [3.63, 3.8) is 0 Å². The van der Waals surface area contributed by atoms with Gasteiger partial charge in [-0.25, -0.2) is 0 Å². The van der Waals surface area contributed by atoms with Crippen molar-refractivity contribution in [2.24, 2.45) is 0 Å². The van der Waals surface area contributed by atoms with Crippen LogP contribution in [0, 0.1) is 11.3 Å². The SMILES string of the molecule is CCOc1cc(OCC)c(CCCC#N)cc1Br. The van der Waals surface area contributed by atoms with E-state index in [4.69, 9.17) is 14.7 Å². The molecule has 0 aliphatic carbocycles. The van der Waals surface area contributed by atoms with Crippen LogP contribution in [0.3, 0.4) is 0 Å². The molecule has 98 valence electrons. The van der Waals surface area contributed by atoms with Gasteiger partial charge in [0.2, 0.25) is 0 Å². The first-order chi connectivity index (χ1) is 8.72. The number of hydrogen-bond donors (Lipinski definition) is 0. The lowest BCUT2D eigenvalue weighted by Crippen LogP contribution is -2.00. The fourth-order valence-corrected chi connectivity index (χ4v) is 2.19. The molecule has 18 heavy (non-hydrogen) atoms. The minimum atomic E-state index is 0.566. The van der Waals surface area contributed by atoms with Crippen LogP contribution >= 0.6 is 15.9 Å². The number of nitrogens with zero attached hydrogens (tertiary/aromatic N) is 1. The zero-order valence-electron chi connectivity index (χ0n) is 10.8. The molecule has 0 unspecified atom stereocenters. The highest BCUT2D eigenvalue weighted by Crippen LogP contribution is 2.34. The largest absolute Gasteiger partial charge is 0.493 e. The van der Waals surface area contributed by atoms with E-state index in [0.29, 0.717) is 19.6 Å². The first-order valence-corrected chi connectivity index (χ1v) is 6.97. The molecular weight excluding hydrogens is 294 g/mol. The first-order valence-electron chi connectivity index (χ1n) is 6.17. The van der Waals surface area contributed by atoms with Crippen LogP contribution in [0.4, 0.5) is 0 Å². The van der Waals surface area contributed by atoms with Gasteiger partial charge in [0.1, 0.15) is 11.5 Å². The number of aryl methyl sites for hydroxylation is 1. The summed E-state index contributed by atoms with van der Waals surface area (Å²) < 4.78 is 12.1.